The summed E-state index contributed by atoms with van der Waals surface area (Å²) in [6.07, 6.45) is 2.45. The number of rotatable bonds is 5. The summed E-state index contributed by atoms with van der Waals surface area (Å²) in [4.78, 5) is 0. The molecule has 3 atom stereocenters. The molecular formula is C19H29ClO. The van der Waals surface area contributed by atoms with Crippen molar-refractivity contribution in [3.63, 3.8) is 0 Å². The van der Waals surface area contributed by atoms with E-state index in [9.17, 15) is 0 Å². The van der Waals surface area contributed by atoms with Crippen LogP contribution in [-0.2, 0) is 4.74 Å². The average molecular weight is 309 g/mol. The lowest BCUT2D eigenvalue weighted by atomic mass is 9.84. The quantitative estimate of drug-likeness (QED) is 0.604. The van der Waals surface area contributed by atoms with Crippen LogP contribution in [-0.4, -0.2) is 12.7 Å². The van der Waals surface area contributed by atoms with Crippen LogP contribution in [0.15, 0.2) is 18.2 Å². The third kappa shape index (κ3) is 3.63. The summed E-state index contributed by atoms with van der Waals surface area (Å²) in [6.45, 7) is 12.1. The summed E-state index contributed by atoms with van der Waals surface area (Å²) in [5.41, 5.74) is 4.12. The van der Waals surface area contributed by atoms with E-state index in [0.717, 1.165) is 19.4 Å². The van der Waals surface area contributed by atoms with Gasteiger partial charge in [0.25, 0.3) is 0 Å². The zero-order valence-corrected chi connectivity index (χ0v) is 14.8. The van der Waals surface area contributed by atoms with E-state index in [-0.39, 0.29) is 5.38 Å². The Bertz CT molecular complexity index is 467. The van der Waals surface area contributed by atoms with Crippen LogP contribution in [0.25, 0.3) is 0 Å². The SMILES string of the molecule is CCC1OCCC1C(Cl)c1ccc(C(C)C)cc1C(C)C. The second kappa shape index (κ2) is 7.15. The van der Waals surface area contributed by atoms with Crippen LogP contribution in [0.1, 0.15) is 81.4 Å². The second-order valence-corrected chi connectivity index (χ2v) is 7.34. The fraction of sp³-hybridized carbons (Fsp3) is 0.684. The monoisotopic (exact) mass is 308 g/mol. The van der Waals surface area contributed by atoms with Gasteiger partial charge in [0.1, 0.15) is 0 Å². The number of halogens is 1. The first-order chi connectivity index (χ1) is 9.95. The van der Waals surface area contributed by atoms with Gasteiger partial charge in [-0.3, -0.25) is 0 Å². The predicted octanol–water partition coefficient (Wildman–Crippen LogP) is 6.03. The Balaban J connectivity index is 2.33. The first-order valence-corrected chi connectivity index (χ1v) is 8.78. The van der Waals surface area contributed by atoms with Crippen LogP contribution in [0, 0.1) is 5.92 Å². The van der Waals surface area contributed by atoms with Crippen LogP contribution in [0.4, 0.5) is 0 Å². The minimum absolute atomic E-state index is 0.0658. The summed E-state index contributed by atoms with van der Waals surface area (Å²) < 4.78 is 5.84. The summed E-state index contributed by atoms with van der Waals surface area (Å²) in [7, 11) is 0. The maximum absolute atomic E-state index is 6.89. The molecule has 0 spiro atoms. The zero-order valence-electron chi connectivity index (χ0n) is 14.0. The highest BCUT2D eigenvalue weighted by Crippen LogP contribution is 2.42. The van der Waals surface area contributed by atoms with Crippen LogP contribution >= 0.6 is 11.6 Å². The molecule has 118 valence electrons. The van der Waals surface area contributed by atoms with Crippen LogP contribution in [0.5, 0.6) is 0 Å². The highest BCUT2D eigenvalue weighted by Gasteiger charge is 2.34. The zero-order chi connectivity index (χ0) is 15.6. The number of benzene rings is 1. The molecule has 0 radical (unpaired) electrons. The molecule has 0 N–H and O–H groups in total. The topological polar surface area (TPSA) is 9.23 Å². The molecule has 0 aromatic heterocycles. The molecule has 1 aromatic rings. The molecule has 3 unspecified atom stereocenters. The molecule has 1 saturated heterocycles. The predicted molar refractivity (Wildman–Crippen MR) is 91.4 cm³/mol. The Morgan fingerprint density at radius 2 is 1.86 bits per heavy atom. The first-order valence-electron chi connectivity index (χ1n) is 8.35. The van der Waals surface area contributed by atoms with Gasteiger partial charge in [-0.15, -0.1) is 11.6 Å². The van der Waals surface area contributed by atoms with E-state index in [4.69, 9.17) is 16.3 Å². The van der Waals surface area contributed by atoms with Crippen LogP contribution in [0.2, 0.25) is 0 Å². The van der Waals surface area contributed by atoms with Gasteiger partial charge in [-0.05, 0) is 41.4 Å². The van der Waals surface area contributed by atoms with E-state index < -0.39 is 0 Å². The van der Waals surface area contributed by atoms with Gasteiger partial charge < -0.3 is 4.74 Å². The van der Waals surface area contributed by atoms with E-state index >= 15 is 0 Å². The third-order valence-electron chi connectivity index (χ3n) is 4.74. The lowest BCUT2D eigenvalue weighted by Crippen LogP contribution is -2.20. The normalized spacial score (nSPS) is 24.0. The van der Waals surface area contributed by atoms with E-state index in [1.54, 1.807) is 0 Å². The summed E-state index contributed by atoms with van der Waals surface area (Å²) in [5.74, 6) is 1.50. The molecule has 1 fully saturated rings. The number of ether oxygens (including phenoxy) is 1. The van der Waals surface area contributed by atoms with Gasteiger partial charge in [0.05, 0.1) is 11.5 Å². The third-order valence-corrected chi connectivity index (χ3v) is 5.29. The van der Waals surface area contributed by atoms with Gasteiger partial charge in [-0.2, -0.15) is 0 Å². The summed E-state index contributed by atoms with van der Waals surface area (Å²) in [6, 6.07) is 6.86. The van der Waals surface area contributed by atoms with E-state index in [1.165, 1.54) is 16.7 Å². The number of alkyl halides is 1. The number of hydrogen-bond donors (Lipinski definition) is 0. The largest absolute Gasteiger partial charge is 0.378 e. The summed E-state index contributed by atoms with van der Waals surface area (Å²) >= 11 is 6.89. The molecule has 2 rings (SSSR count). The van der Waals surface area contributed by atoms with Gasteiger partial charge >= 0.3 is 0 Å². The molecule has 2 heteroatoms. The van der Waals surface area contributed by atoms with Gasteiger partial charge in [0.15, 0.2) is 0 Å². The molecule has 0 amide bonds. The Labute approximate surface area is 135 Å². The minimum Gasteiger partial charge on any atom is -0.378 e. The number of hydrogen-bond acceptors (Lipinski definition) is 1. The molecule has 0 saturated carbocycles. The van der Waals surface area contributed by atoms with Crippen molar-refractivity contribution in [2.45, 2.75) is 70.8 Å². The van der Waals surface area contributed by atoms with Crippen molar-refractivity contribution in [3.8, 4) is 0 Å². The molecule has 1 nitrogen and oxygen atoms in total. The fourth-order valence-electron chi connectivity index (χ4n) is 3.35. The standard InChI is InChI=1S/C19H29ClO/c1-6-18-16(9-10-21-18)19(20)15-8-7-14(12(2)3)11-17(15)13(4)5/h7-8,11-13,16,18-19H,6,9-10H2,1-5H3. The Hall–Kier alpha value is -0.530. The Morgan fingerprint density at radius 3 is 2.43 bits per heavy atom. The Morgan fingerprint density at radius 1 is 1.14 bits per heavy atom. The summed E-state index contributed by atoms with van der Waals surface area (Å²) in [5, 5.41) is 0.0658. The molecule has 0 aliphatic carbocycles. The second-order valence-electron chi connectivity index (χ2n) is 6.87. The van der Waals surface area contributed by atoms with Gasteiger partial charge in [0.2, 0.25) is 0 Å². The minimum atomic E-state index is 0.0658. The van der Waals surface area contributed by atoms with Crippen LogP contribution < -0.4 is 0 Å². The van der Waals surface area contributed by atoms with E-state index in [1.807, 2.05) is 0 Å². The highest BCUT2D eigenvalue weighted by atomic mass is 35.5. The molecule has 1 aromatic carbocycles. The average Bonchev–Trinajstić information content (AvgIpc) is 2.94. The van der Waals surface area contributed by atoms with Crippen molar-refractivity contribution in [1.29, 1.82) is 0 Å². The van der Waals surface area contributed by atoms with Crippen molar-refractivity contribution in [2.24, 2.45) is 5.92 Å². The lowest BCUT2D eigenvalue weighted by Gasteiger charge is -2.26. The van der Waals surface area contributed by atoms with Gasteiger partial charge in [-0.1, -0.05) is 52.8 Å². The van der Waals surface area contributed by atoms with Crippen molar-refractivity contribution in [2.75, 3.05) is 6.61 Å². The van der Waals surface area contributed by atoms with Gasteiger partial charge in [0, 0.05) is 12.5 Å². The maximum atomic E-state index is 6.89. The fourth-order valence-corrected chi connectivity index (χ4v) is 3.84. The van der Waals surface area contributed by atoms with Crippen LogP contribution in [0.3, 0.4) is 0 Å². The van der Waals surface area contributed by atoms with E-state index in [2.05, 4.69) is 52.8 Å². The smallest absolute Gasteiger partial charge is 0.0641 e. The molecular weight excluding hydrogens is 280 g/mol. The Kier molecular flexibility index (Phi) is 5.73. The van der Waals surface area contributed by atoms with Crippen molar-refractivity contribution >= 4 is 11.6 Å². The molecule has 21 heavy (non-hydrogen) atoms. The maximum Gasteiger partial charge on any atom is 0.0641 e. The highest BCUT2D eigenvalue weighted by molar-refractivity contribution is 6.21. The first kappa shape index (κ1) is 16.8. The van der Waals surface area contributed by atoms with E-state index in [0.29, 0.717) is 23.9 Å². The molecule has 0 bridgehead atoms. The molecule has 1 aliphatic heterocycles. The lowest BCUT2D eigenvalue weighted by molar-refractivity contribution is 0.0864. The van der Waals surface area contributed by atoms with Crippen molar-refractivity contribution in [1.82, 2.24) is 0 Å². The van der Waals surface area contributed by atoms with Crippen molar-refractivity contribution in [3.05, 3.63) is 34.9 Å². The van der Waals surface area contributed by atoms with Gasteiger partial charge in [-0.25, -0.2) is 0 Å². The molecule has 1 heterocycles. The molecule has 1 aliphatic rings. The van der Waals surface area contributed by atoms with Crippen molar-refractivity contribution < 1.29 is 4.74 Å².